The van der Waals surface area contributed by atoms with Crippen molar-refractivity contribution in [3.8, 4) is 0 Å². The van der Waals surface area contributed by atoms with E-state index in [1.807, 2.05) is 0 Å². The predicted molar refractivity (Wildman–Crippen MR) is 46.8 cm³/mol. The summed E-state index contributed by atoms with van der Waals surface area (Å²) in [4.78, 5) is 4.71. The van der Waals surface area contributed by atoms with E-state index in [4.69, 9.17) is 10.1 Å². The molecular weight excluding hydrogens is 152 g/mol. The van der Waals surface area contributed by atoms with Crippen molar-refractivity contribution < 1.29 is 10.1 Å². The Hall–Kier alpha value is -0.340. The van der Waals surface area contributed by atoms with Crippen LogP contribution in [0.1, 0.15) is 44.9 Å². The number of fused-ring (bicyclic) bond motifs is 1. The number of hydrogen-bond acceptors (Lipinski definition) is 2. The maximum atomic E-state index is 8.94. The highest BCUT2D eigenvalue weighted by Gasteiger charge is 2.38. The summed E-state index contributed by atoms with van der Waals surface area (Å²) in [5, 5.41) is 8.94. The second-order valence-electron chi connectivity index (χ2n) is 3.91. The molecule has 0 saturated heterocycles. The predicted octanol–water partition coefficient (Wildman–Crippen LogP) is 2.90. The van der Waals surface area contributed by atoms with Crippen molar-refractivity contribution in [1.82, 2.24) is 0 Å². The van der Waals surface area contributed by atoms with Gasteiger partial charge < -0.3 is 0 Å². The summed E-state index contributed by atoms with van der Waals surface area (Å²) in [5.74, 6) is 0. The van der Waals surface area contributed by atoms with Gasteiger partial charge in [0.2, 0.25) is 0 Å². The molecule has 12 heavy (non-hydrogen) atoms. The molecule has 0 amide bonds. The minimum atomic E-state index is -0.267. The molecule has 1 fully saturated rings. The van der Waals surface area contributed by atoms with Crippen LogP contribution in [0.15, 0.2) is 11.6 Å². The van der Waals surface area contributed by atoms with Gasteiger partial charge >= 0.3 is 0 Å². The third kappa shape index (κ3) is 1.19. The van der Waals surface area contributed by atoms with Gasteiger partial charge in [-0.15, -0.1) is 0 Å². The first-order valence-electron chi connectivity index (χ1n) is 4.89. The molecule has 2 aliphatic rings. The van der Waals surface area contributed by atoms with Crippen molar-refractivity contribution in [2.75, 3.05) is 0 Å². The highest BCUT2D eigenvalue weighted by Crippen LogP contribution is 2.42. The van der Waals surface area contributed by atoms with Crippen LogP contribution in [0.3, 0.4) is 0 Å². The van der Waals surface area contributed by atoms with Gasteiger partial charge in [-0.2, -0.15) is 0 Å². The average Bonchev–Trinajstić information content (AvgIpc) is 2.18. The van der Waals surface area contributed by atoms with E-state index >= 15 is 0 Å². The molecule has 0 unspecified atom stereocenters. The Balaban J connectivity index is 2.23. The number of rotatable bonds is 1. The van der Waals surface area contributed by atoms with Crippen LogP contribution in [-0.4, -0.2) is 10.9 Å². The van der Waals surface area contributed by atoms with Gasteiger partial charge in [-0.1, -0.05) is 6.08 Å². The average molecular weight is 168 g/mol. The van der Waals surface area contributed by atoms with E-state index in [9.17, 15) is 0 Å². The van der Waals surface area contributed by atoms with E-state index in [0.717, 1.165) is 25.7 Å². The van der Waals surface area contributed by atoms with Crippen LogP contribution in [0.2, 0.25) is 0 Å². The lowest BCUT2D eigenvalue weighted by Gasteiger charge is -2.39. The molecule has 2 aliphatic carbocycles. The molecule has 2 rings (SSSR count). The van der Waals surface area contributed by atoms with Crippen molar-refractivity contribution in [2.45, 2.75) is 50.5 Å². The van der Waals surface area contributed by atoms with Gasteiger partial charge in [0.15, 0.2) is 0 Å². The molecular formula is C10H16O2. The molecule has 0 aliphatic heterocycles. The van der Waals surface area contributed by atoms with E-state index < -0.39 is 0 Å². The third-order valence-corrected chi connectivity index (χ3v) is 3.21. The minimum absolute atomic E-state index is 0.267. The first-order valence-corrected chi connectivity index (χ1v) is 4.89. The van der Waals surface area contributed by atoms with Gasteiger partial charge in [0.25, 0.3) is 0 Å². The van der Waals surface area contributed by atoms with Crippen molar-refractivity contribution in [2.24, 2.45) is 0 Å². The first kappa shape index (κ1) is 8.27. The lowest BCUT2D eigenvalue weighted by molar-refractivity contribution is -0.318. The Morgan fingerprint density at radius 1 is 1.25 bits per heavy atom. The highest BCUT2D eigenvalue weighted by molar-refractivity contribution is 5.21. The summed E-state index contributed by atoms with van der Waals surface area (Å²) < 4.78 is 0. The SMILES string of the molecule is OO[C@]12CCCC=C1CCCC2. The maximum absolute atomic E-state index is 8.94. The maximum Gasteiger partial charge on any atom is 0.124 e. The summed E-state index contributed by atoms with van der Waals surface area (Å²) in [6.07, 6.45) is 10.2. The third-order valence-electron chi connectivity index (χ3n) is 3.21. The zero-order valence-corrected chi connectivity index (χ0v) is 7.38. The van der Waals surface area contributed by atoms with Gasteiger partial charge in [0.1, 0.15) is 5.60 Å². The Kier molecular flexibility index (Phi) is 2.20. The molecule has 0 aromatic heterocycles. The van der Waals surface area contributed by atoms with E-state index in [1.165, 1.54) is 24.8 Å². The summed E-state index contributed by atoms with van der Waals surface area (Å²) in [6, 6.07) is 0. The fourth-order valence-electron chi connectivity index (χ4n) is 2.50. The fraction of sp³-hybridized carbons (Fsp3) is 0.800. The molecule has 0 heterocycles. The number of allylic oxidation sites excluding steroid dienone is 1. The molecule has 0 bridgehead atoms. The van der Waals surface area contributed by atoms with Gasteiger partial charge in [-0.05, 0) is 50.5 Å². The minimum Gasteiger partial charge on any atom is -0.251 e. The quantitative estimate of drug-likeness (QED) is 0.370. The topological polar surface area (TPSA) is 29.5 Å². The highest BCUT2D eigenvalue weighted by atomic mass is 17.1. The number of hydrogen-bond donors (Lipinski definition) is 1. The van der Waals surface area contributed by atoms with Crippen LogP contribution in [0.5, 0.6) is 0 Å². The zero-order chi connectivity index (χ0) is 8.44. The van der Waals surface area contributed by atoms with E-state index in [-0.39, 0.29) is 5.60 Å². The lowest BCUT2D eigenvalue weighted by Crippen LogP contribution is -2.38. The Morgan fingerprint density at radius 3 is 2.83 bits per heavy atom. The fourth-order valence-corrected chi connectivity index (χ4v) is 2.50. The van der Waals surface area contributed by atoms with Crippen LogP contribution in [0, 0.1) is 0 Å². The first-order chi connectivity index (χ1) is 5.87. The molecule has 68 valence electrons. The molecule has 0 spiro atoms. The van der Waals surface area contributed by atoms with Gasteiger partial charge in [-0.3, -0.25) is 5.26 Å². The molecule has 0 aromatic rings. The molecule has 1 N–H and O–H groups in total. The van der Waals surface area contributed by atoms with E-state index in [2.05, 4.69) is 6.08 Å². The van der Waals surface area contributed by atoms with Crippen LogP contribution < -0.4 is 0 Å². The van der Waals surface area contributed by atoms with E-state index in [0.29, 0.717) is 0 Å². The smallest absolute Gasteiger partial charge is 0.124 e. The molecule has 1 saturated carbocycles. The second-order valence-corrected chi connectivity index (χ2v) is 3.91. The molecule has 2 nitrogen and oxygen atoms in total. The molecule has 0 radical (unpaired) electrons. The van der Waals surface area contributed by atoms with E-state index in [1.54, 1.807) is 0 Å². The second kappa shape index (κ2) is 3.19. The van der Waals surface area contributed by atoms with Crippen molar-refractivity contribution in [3.05, 3.63) is 11.6 Å². The molecule has 0 aromatic carbocycles. The lowest BCUT2D eigenvalue weighted by atomic mass is 9.74. The molecule has 2 heteroatoms. The normalized spacial score (nSPS) is 35.6. The van der Waals surface area contributed by atoms with Crippen molar-refractivity contribution >= 4 is 0 Å². The monoisotopic (exact) mass is 168 g/mol. The summed E-state index contributed by atoms with van der Waals surface area (Å²) in [7, 11) is 0. The van der Waals surface area contributed by atoms with Crippen LogP contribution in [0.4, 0.5) is 0 Å². The van der Waals surface area contributed by atoms with Gasteiger partial charge in [0.05, 0.1) is 0 Å². The summed E-state index contributed by atoms with van der Waals surface area (Å²) in [5.41, 5.74) is 1.08. The Labute approximate surface area is 73.2 Å². The van der Waals surface area contributed by atoms with Crippen LogP contribution >= 0.6 is 0 Å². The zero-order valence-electron chi connectivity index (χ0n) is 7.38. The van der Waals surface area contributed by atoms with Crippen LogP contribution in [-0.2, 0) is 4.89 Å². The molecule has 1 atom stereocenters. The summed E-state index contributed by atoms with van der Waals surface area (Å²) >= 11 is 0. The standard InChI is InChI=1S/C10H16O2/c11-12-10-7-3-1-5-9(10)6-2-4-8-10/h5,11H,1-4,6-8H2/t10-/m0/s1. The van der Waals surface area contributed by atoms with Crippen molar-refractivity contribution in [3.63, 3.8) is 0 Å². The van der Waals surface area contributed by atoms with Gasteiger partial charge in [0, 0.05) is 0 Å². The Morgan fingerprint density at radius 2 is 2.08 bits per heavy atom. The largest absolute Gasteiger partial charge is 0.251 e. The Bertz CT molecular complexity index is 198. The van der Waals surface area contributed by atoms with Crippen molar-refractivity contribution in [1.29, 1.82) is 0 Å². The van der Waals surface area contributed by atoms with Gasteiger partial charge in [-0.25, -0.2) is 4.89 Å². The van der Waals surface area contributed by atoms with Crippen LogP contribution in [0.25, 0.3) is 0 Å². The summed E-state index contributed by atoms with van der Waals surface area (Å²) in [6.45, 7) is 0.